The number of aliphatic carboxylic acids is 1. The van der Waals surface area contributed by atoms with Crippen molar-refractivity contribution in [3.8, 4) is 5.75 Å². The van der Waals surface area contributed by atoms with Crippen LogP contribution in [0.2, 0.25) is 0 Å². The number of para-hydroxylation sites is 1. The molecule has 1 aromatic rings. The van der Waals surface area contributed by atoms with Crippen LogP contribution in [0.1, 0.15) is 18.4 Å². The smallest absolute Gasteiger partial charge is 0.306 e. The topological polar surface area (TPSA) is 72.5 Å². The second-order valence-corrected chi connectivity index (χ2v) is 3.98. The Hall–Kier alpha value is -1.55. The average Bonchev–Trinajstić information content (AvgIpc) is 2.34. The highest BCUT2D eigenvalue weighted by atomic mass is 16.5. The van der Waals surface area contributed by atoms with Crippen molar-refractivity contribution < 1.29 is 14.6 Å². The fourth-order valence-corrected chi connectivity index (χ4v) is 1.81. The first-order valence-corrected chi connectivity index (χ1v) is 5.73. The molecule has 1 unspecified atom stereocenters. The molecule has 0 radical (unpaired) electrons. The van der Waals surface area contributed by atoms with Gasteiger partial charge in [0.2, 0.25) is 0 Å². The molecule has 1 atom stereocenters. The highest BCUT2D eigenvalue weighted by Crippen LogP contribution is 2.23. The zero-order valence-electron chi connectivity index (χ0n) is 10.1. The number of ether oxygens (including phenoxy) is 1. The molecule has 1 rings (SSSR count). The van der Waals surface area contributed by atoms with Crippen LogP contribution < -0.4 is 10.5 Å². The first-order valence-electron chi connectivity index (χ1n) is 5.73. The van der Waals surface area contributed by atoms with E-state index in [0.717, 1.165) is 17.7 Å². The Balaban J connectivity index is 2.74. The lowest BCUT2D eigenvalue weighted by atomic mass is 9.94. The van der Waals surface area contributed by atoms with Crippen molar-refractivity contribution in [2.45, 2.75) is 19.3 Å². The Bertz CT molecular complexity index is 365. The minimum atomic E-state index is -0.774. The Kier molecular flexibility index (Phi) is 5.49. The lowest BCUT2D eigenvalue weighted by Crippen LogP contribution is -2.18. The summed E-state index contributed by atoms with van der Waals surface area (Å²) in [6.45, 7) is 0.524. The Labute approximate surface area is 101 Å². The van der Waals surface area contributed by atoms with E-state index in [-0.39, 0.29) is 0 Å². The Morgan fingerprint density at radius 2 is 2.18 bits per heavy atom. The maximum atomic E-state index is 11.1. The first kappa shape index (κ1) is 13.5. The Morgan fingerprint density at radius 1 is 1.47 bits per heavy atom. The van der Waals surface area contributed by atoms with Gasteiger partial charge in [-0.15, -0.1) is 0 Å². The third-order valence-electron chi connectivity index (χ3n) is 2.76. The SMILES string of the molecule is COc1ccccc1CC(CCCN)C(=O)O. The molecule has 0 fully saturated rings. The summed E-state index contributed by atoms with van der Waals surface area (Å²) < 4.78 is 5.21. The van der Waals surface area contributed by atoms with E-state index in [2.05, 4.69) is 0 Å². The van der Waals surface area contributed by atoms with Gasteiger partial charge in [-0.25, -0.2) is 0 Å². The van der Waals surface area contributed by atoms with Gasteiger partial charge in [0.25, 0.3) is 0 Å². The monoisotopic (exact) mass is 237 g/mol. The van der Waals surface area contributed by atoms with Crippen LogP contribution in [0, 0.1) is 5.92 Å². The number of benzene rings is 1. The first-order chi connectivity index (χ1) is 8.19. The summed E-state index contributed by atoms with van der Waals surface area (Å²) in [4.78, 5) is 11.1. The van der Waals surface area contributed by atoms with Gasteiger partial charge in [0.1, 0.15) is 5.75 Å². The van der Waals surface area contributed by atoms with Crippen molar-refractivity contribution in [1.82, 2.24) is 0 Å². The summed E-state index contributed by atoms with van der Waals surface area (Å²) >= 11 is 0. The minimum Gasteiger partial charge on any atom is -0.496 e. The lowest BCUT2D eigenvalue weighted by molar-refractivity contribution is -0.141. The van der Waals surface area contributed by atoms with Crippen molar-refractivity contribution in [3.05, 3.63) is 29.8 Å². The quantitative estimate of drug-likeness (QED) is 0.756. The average molecular weight is 237 g/mol. The molecule has 0 aliphatic carbocycles. The van der Waals surface area contributed by atoms with E-state index < -0.39 is 11.9 Å². The summed E-state index contributed by atoms with van der Waals surface area (Å²) in [5, 5.41) is 9.14. The van der Waals surface area contributed by atoms with Crippen LogP contribution in [0.25, 0.3) is 0 Å². The molecule has 4 nitrogen and oxygen atoms in total. The van der Waals surface area contributed by atoms with Gasteiger partial charge in [-0.3, -0.25) is 4.79 Å². The number of hydrogen-bond donors (Lipinski definition) is 2. The second kappa shape index (κ2) is 6.91. The molecule has 0 saturated heterocycles. The van der Waals surface area contributed by atoms with Gasteiger partial charge in [0.15, 0.2) is 0 Å². The van der Waals surface area contributed by atoms with Crippen LogP contribution in [0.3, 0.4) is 0 Å². The zero-order chi connectivity index (χ0) is 12.7. The number of carboxylic acids is 1. The largest absolute Gasteiger partial charge is 0.496 e. The van der Waals surface area contributed by atoms with Crippen LogP contribution in [-0.2, 0) is 11.2 Å². The predicted molar refractivity (Wildman–Crippen MR) is 66.1 cm³/mol. The molecule has 0 bridgehead atoms. The van der Waals surface area contributed by atoms with Gasteiger partial charge < -0.3 is 15.6 Å². The van der Waals surface area contributed by atoms with E-state index >= 15 is 0 Å². The number of carboxylic acid groups (broad SMARTS) is 1. The highest BCUT2D eigenvalue weighted by Gasteiger charge is 2.18. The molecular formula is C13H19NO3. The van der Waals surface area contributed by atoms with Gasteiger partial charge >= 0.3 is 5.97 Å². The van der Waals surface area contributed by atoms with Crippen LogP contribution in [0.5, 0.6) is 5.75 Å². The number of hydrogen-bond acceptors (Lipinski definition) is 3. The molecular weight excluding hydrogens is 218 g/mol. The minimum absolute atomic E-state index is 0.394. The number of carbonyl (C=O) groups is 1. The molecule has 0 aromatic heterocycles. The summed E-state index contributed by atoms with van der Waals surface area (Å²) in [7, 11) is 1.59. The third kappa shape index (κ3) is 4.07. The van der Waals surface area contributed by atoms with E-state index in [9.17, 15) is 4.79 Å². The molecule has 4 heteroatoms. The lowest BCUT2D eigenvalue weighted by Gasteiger charge is -2.14. The van der Waals surface area contributed by atoms with E-state index in [1.165, 1.54) is 0 Å². The highest BCUT2D eigenvalue weighted by molar-refractivity contribution is 5.70. The molecule has 1 aromatic carbocycles. The molecule has 94 valence electrons. The van der Waals surface area contributed by atoms with Gasteiger partial charge in [0, 0.05) is 0 Å². The van der Waals surface area contributed by atoms with E-state index in [4.69, 9.17) is 15.6 Å². The molecule has 0 aliphatic rings. The molecule has 0 heterocycles. The summed E-state index contributed by atoms with van der Waals surface area (Å²) in [6, 6.07) is 7.51. The van der Waals surface area contributed by atoms with Gasteiger partial charge in [-0.05, 0) is 37.4 Å². The standard InChI is InChI=1S/C13H19NO3/c1-17-12-7-3-2-5-10(12)9-11(13(15)16)6-4-8-14/h2-3,5,7,11H,4,6,8-9,14H2,1H3,(H,15,16). The number of methoxy groups -OCH3 is 1. The predicted octanol–water partition coefficient (Wildman–Crippen LogP) is 1.68. The normalized spacial score (nSPS) is 12.1. The third-order valence-corrected chi connectivity index (χ3v) is 2.76. The zero-order valence-corrected chi connectivity index (χ0v) is 10.1. The van der Waals surface area contributed by atoms with Crippen molar-refractivity contribution in [2.24, 2.45) is 11.7 Å². The van der Waals surface area contributed by atoms with Gasteiger partial charge in [-0.2, -0.15) is 0 Å². The van der Waals surface area contributed by atoms with E-state index in [1.807, 2.05) is 24.3 Å². The van der Waals surface area contributed by atoms with Crippen molar-refractivity contribution in [3.63, 3.8) is 0 Å². The van der Waals surface area contributed by atoms with E-state index in [0.29, 0.717) is 19.4 Å². The van der Waals surface area contributed by atoms with Crippen molar-refractivity contribution >= 4 is 5.97 Å². The molecule has 3 N–H and O–H groups in total. The van der Waals surface area contributed by atoms with Crippen molar-refractivity contribution in [1.29, 1.82) is 0 Å². The molecule has 0 spiro atoms. The summed E-state index contributed by atoms with van der Waals surface area (Å²) in [5.74, 6) is -0.425. The van der Waals surface area contributed by atoms with Gasteiger partial charge in [0.05, 0.1) is 13.0 Å². The van der Waals surface area contributed by atoms with Crippen LogP contribution in [0.15, 0.2) is 24.3 Å². The fourth-order valence-electron chi connectivity index (χ4n) is 1.81. The maximum absolute atomic E-state index is 11.1. The number of rotatable bonds is 7. The van der Waals surface area contributed by atoms with Gasteiger partial charge in [-0.1, -0.05) is 18.2 Å². The van der Waals surface area contributed by atoms with Crippen molar-refractivity contribution in [2.75, 3.05) is 13.7 Å². The maximum Gasteiger partial charge on any atom is 0.306 e. The van der Waals surface area contributed by atoms with Crippen LogP contribution in [-0.4, -0.2) is 24.7 Å². The second-order valence-electron chi connectivity index (χ2n) is 3.98. The fraction of sp³-hybridized carbons (Fsp3) is 0.462. The molecule has 0 aliphatic heterocycles. The summed E-state index contributed by atoms with van der Waals surface area (Å²) in [5.41, 5.74) is 6.34. The van der Waals surface area contributed by atoms with E-state index in [1.54, 1.807) is 7.11 Å². The van der Waals surface area contributed by atoms with Crippen LogP contribution >= 0.6 is 0 Å². The number of nitrogens with two attached hydrogens (primary N) is 1. The molecule has 0 saturated carbocycles. The molecule has 17 heavy (non-hydrogen) atoms. The van der Waals surface area contributed by atoms with Crippen LogP contribution in [0.4, 0.5) is 0 Å². The Morgan fingerprint density at radius 3 is 2.76 bits per heavy atom. The summed E-state index contributed by atoms with van der Waals surface area (Å²) in [6.07, 6.45) is 1.81. The molecule has 0 amide bonds.